The lowest BCUT2D eigenvalue weighted by molar-refractivity contribution is -0.211. The van der Waals surface area contributed by atoms with Crippen LogP contribution in [0.2, 0.25) is 0 Å². The molecule has 2 aromatic heterocycles. The summed E-state index contributed by atoms with van der Waals surface area (Å²) in [5.41, 5.74) is -1.20. The minimum atomic E-state index is -2.77. The Hall–Kier alpha value is -3.28. The lowest BCUT2D eigenvalue weighted by atomic mass is 9.41. The third-order valence-electron chi connectivity index (χ3n) is 10.8. The Labute approximate surface area is 240 Å². The van der Waals surface area contributed by atoms with Gasteiger partial charge in [0, 0.05) is 23.2 Å². The van der Waals surface area contributed by atoms with Gasteiger partial charge in [-0.05, 0) is 82.3 Å². The van der Waals surface area contributed by atoms with Crippen LogP contribution in [0.4, 0.5) is 18.9 Å². The number of amides is 1. The molecule has 12 heteroatoms. The van der Waals surface area contributed by atoms with Crippen molar-refractivity contribution >= 4 is 11.6 Å². The van der Waals surface area contributed by atoms with Crippen LogP contribution in [0.5, 0.6) is 0 Å². The summed E-state index contributed by atoms with van der Waals surface area (Å²) >= 11 is 0. The molecule has 7 fully saturated rings. The van der Waals surface area contributed by atoms with E-state index in [0.717, 1.165) is 49.8 Å². The maximum atomic E-state index is 14.5. The van der Waals surface area contributed by atoms with Crippen LogP contribution in [0.15, 0.2) is 33.3 Å². The largest absolute Gasteiger partial charge is 0.379 e. The molecule has 3 heterocycles. The Morgan fingerprint density at radius 1 is 0.976 bits per heavy atom. The molecule has 10 rings (SSSR count). The van der Waals surface area contributed by atoms with E-state index in [4.69, 9.17) is 13.8 Å². The van der Waals surface area contributed by atoms with Crippen molar-refractivity contribution < 1.29 is 31.7 Å². The number of nitrogens with zero attached hydrogens (tertiary/aromatic N) is 5. The zero-order chi connectivity index (χ0) is 29.0. The van der Waals surface area contributed by atoms with Crippen molar-refractivity contribution in [3.05, 3.63) is 41.9 Å². The monoisotopic (exact) mass is 583 g/mol. The molecule has 7 aliphatic rings. The summed E-state index contributed by atoms with van der Waals surface area (Å²) in [5, 5.41) is 7.71. The van der Waals surface area contributed by atoms with Gasteiger partial charge in [-0.3, -0.25) is 4.79 Å². The van der Waals surface area contributed by atoms with Crippen molar-refractivity contribution in [2.24, 2.45) is 10.8 Å². The molecule has 4 bridgehead atoms. The Bertz CT molecular complexity index is 1520. The van der Waals surface area contributed by atoms with E-state index in [1.807, 2.05) is 36.1 Å². The van der Waals surface area contributed by atoms with Crippen molar-refractivity contribution in [1.82, 2.24) is 20.3 Å². The number of anilines is 1. The topological polar surface area (TPSA) is 107 Å². The lowest BCUT2D eigenvalue weighted by Gasteiger charge is -2.65. The highest BCUT2D eigenvalue weighted by atomic mass is 19.3. The molecule has 0 radical (unpaired) electrons. The summed E-state index contributed by atoms with van der Waals surface area (Å²) in [5.74, 6) is 0.684. The second kappa shape index (κ2) is 8.64. The molecule has 6 aliphatic carbocycles. The van der Waals surface area contributed by atoms with Crippen LogP contribution in [0.3, 0.4) is 0 Å². The summed E-state index contributed by atoms with van der Waals surface area (Å²) in [4.78, 5) is 24.7. The van der Waals surface area contributed by atoms with E-state index >= 15 is 0 Å². The SMILES string of the molecule is CC1(c2nc(-c3cccc(N(CC45CCC(c6nc(C(F)F)no6)(CC4)CC5)C(=O)C45CC(F)(C4)C5)c3)no2)COC1. The van der Waals surface area contributed by atoms with Gasteiger partial charge in [0.05, 0.1) is 24.0 Å². The first-order valence-electron chi connectivity index (χ1n) is 14.7. The molecule has 6 saturated carbocycles. The molecule has 1 amide bonds. The first-order chi connectivity index (χ1) is 20.0. The number of benzene rings is 1. The predicted octanol–water partition coefficient (Wildman–Crippen LogP) is 5.86. The predicted molar refractivity (Wildman–Crippen MR) is 141 cm³/mol. The molecule has 0 spiro atoms. The number of hydrogen-bond donors (Lipinski definition) is 0. The maximum absolute atomic E-state index is 14.5. The van der Waals surface area contributed by atoms with Crippen LogP contribution in [0.25, 0.3) is 11.4 Å². The van der Waals surface area contributed by atoms with Gasteiger partial charge in [0.25, 0.3) is 0 Å². The highest BCUT2D eigenvalue weighted by molar-refractivity contribution is 6.00. The summed E-state index contributed by atoms with van der Waals surface area (Å²) in [6.07, 6.45) is 2.67. The van der Waals surface area contributed by atoms with Crippen LogP contribution >= 0.6 is 0 Å². The molecule has 1 saturated heterocycles. The minimum Gasteiger partial charge on any atom is -0.379 e. The zero-order valence-corrected chi connectivity index (χ0v) is 23.4. The Kier molecular flexibility index (Phi) is 5.42. The number of rotatable bonds is 8. The Morgan fingerprint density at radius 2 is 1.67 bits per heavy atom. The first-order valence-corrected chi connectivity index (χ1v) is 14.7. The Balaban J connectivity index is 1.07. The highest BCUT2D eigenvalue weighted by Crippen LogP contribution is 2.70. The van der Waals surface area contributed by atoms with E-state index in [-0.39, 0.29) is 36.0 Å². The smallest absolute Gasteiger partial charge is 0.300 e. The summed E-state index contributed by atoms with van der Waals surface area (Å²) < 4.78 is 57.0. The molecule has 0 N–H and O–H groups in total. The maximum Gasteiger partial charge on any atom is 0.300 e. The fraction of sp³-hybridized carbons (Fsp3) is 0.633. The van der Waals surface area contributed by atoms with Crippen LogP contribution in [-0.2, 0) is 20.4 Å². The van der Waals surface area contributed by atoms with Gasteiger partial charge in [-0.15, -0.1) is 0 Å². The van der Waals surface area contributed by atoms with Crippen molar-refractivity contribution in [2.75, 3.05) is 24.7 Å². The van der Waals surface area contributed by atoms with Crippen molar-refractivity contribution in [2.45, 2.75) is 87.6 Å². The number of aromatic nitrogens is 4. The number of carbonyl (C=O) groups is 1. The quantitative estimate of drug-likeness (QED) is 0.325. The van der Waals surface area contributed by atoms with E-state index in [0.29, 0.717) is 37.4 Å². The van der Waals surface area contributed by atoms with E-state index in [1.54, 1.807) is 0 Å². The van der Waals surface area contributed by atoms with E-state index in [1.165, 1.54) is 0 Å². The molecule has 1 aromatic carbocycles. The fourth-order valence-electron chi connectivity index (χ4n) is 8.08. The average molecular weight is 584 g/mol. The molecular formula is C30H32F3N5O4. The van der Waals surface area contributed by atoms with Gasteiger partial charge < -0.3 is 18.7 Å². The second-order valence-corrected chi connectivity index (χ2v) is 13.9. The van der Waals surface area contributed by atoms with Gasteiger partial charge in [0.1, 0.15) is 5.67 Å². The second-order valence-electron chi connectivity index (χ2n) is 13.9. The number of hydrogen-bond acceptors (Lipinski definition) is 8. The molecule has 9 nitrogen and oxygen atoms in total. The van der Waals surface area contributed by atoms with Gasteiger partial charge in [0.15, 0.2) is 0 Å². The van der Waals surface area contributed by atoms with Crippen LogP contribution in [-0.4, -0.2) is 51.6 Å². The van der Waals surface area contributed by atoms with Crippen molar-refractivity contribution in [3.63, 3.8) is 0 Å². The minimum absolute atomic E-state index is 0.0256. The van der Waals surface area contributed by atoms with Gasteiger partial charge in [-0.1, -0.05) is 22.4 Å². The number of halogens is 3. The van der Waals surface area contributed by atoms with Crippen molar-refractivity contribution in [1.29, 1.82) is 0 Å². The normalized spacial score (nSPS) is 34.0. The number of carbonyl (C=O) groups excluding carboxylic acids is 1. The molecular weight excluding hydrogens is 551 g/mol. The number of alkyl halides is 3. The van der Waals surface area contributed by atoms with Crippen LogP contribution in [0, 0.1) is 10.8 Å². The lowest BCUT2D eigenvalue weighted by Crippen LogP contribution is -2.71. The number of fused-ring (bicyclic) bond motifs is 3. The Morgan fingerprint density at radius 3 is 2.26 bits per heavy atom. The standard InChI is InChI=1S/C30H32F3N5O4/c1-26(16-40-17-26)23-34-21(36-41-23)18-3-2-4-19(11-18)38(25(39)29-12-30(33,13-29)14-29)15-27-5-8-28(9-6-27,10-7-27)24-35-22(20(31)32)37-42-24/h2-4,11,20H,5-10,12-17H2,1H3. The molecule has 222 valence electrons. The van der Waals surface area contributed by atoms with Gasteiger partial charge in [0.2, 0.25) is 29.3 Å². The first kappa shape index (κ1) is 26.4. The summed E-state index contributed by atoms with van der Waals surface area (Å²) in [7, 11) is 0. The van der Waals surface area contributed by atoms with Gasteiger partial charge in [-0.2, -0.15) is 9.97 Å². The highest BCUT2D eigenvalue weighted by Gasteiger charge is 2.73. The molecule has 0 unspecified atom stereocenters. The third-order valence-corrected chi connectivity index (χ3v) is 10.8. The molecule has 1 aliphatic heterocycles. The van der Waals surface area contributed by atoms with Crippen LogP contribution < -0.4 is 4.90 Å². The van der Waals surface area contributed by atoms with E-state index in [2.05, 4.69) is 20.3 Å². The average Bonchev–Trinajstić information content (AvgIpc) is 3.65. The van der Waals surface area contributed by atoms with E-state index < -0.39 is 28.7 Å². The van der Waals surface area contributed by atoms with Crippen molar-refractivity contribution in [3.8, 4) is 11.4 Å². The van der Waals surface area contributed by atoms with Gasteiger partial charge >= 0.3 is 6.43 Å². The number of ether oxygens (including phenoxy) is 1. The van der Waals surface area contributed by atoms with Crippen LogP contribution in [0.1, 0.15) is 88.7 Å². The summed E-state index contributed by atoms with van der Waals surface area (Å²) in [6.45, 7) is 3.58. The fourth-order valence-corrected chi connectivity index (χ4v) is 8.08. The summed E-state index contributed by atoms with van der Waals surface area (Å²) in [6, 6.07) is 7.61. The molecule has 0 atom stereocenters. The third kappa shape index (κ3) is 3.82. The van der Waals surface area contributed by atoms with Gasteiger partial charge in [-0.25, -0.2) is 13.2 Å². The van der Waals surface area contributed by atoms with E-state index in [9.17, 15) is 18.0 Å². The zero-order valence-electron chi connectivity index (χ0n) is 23.4. The molecule has 42 heavy (non-hydrogen) atoms. The molecule has 3 aromatic rings.